The highest BCUT2D eigenvalue weighted by molar-refractivity contribution is 6.90. The Labute approximate surface area is 425 Å². The molecule has 0 heterocycles. The smallest absolute Gasteiger partial charge is 0.320 e. The van der Waals surface area contributed by atoms with E-state index in [1.807, 2.05) is 89.7 Å². The molecule has 0 radical (unpaired) electrons. The van der Waals surface area contributed by atoms with Crippen LogP contribution in [0.4, 0.5) is 0 Å². The molecule has 6 N–H and O–H groups in total. The lowest BCUT2D eigenvalue weighted by molar-refractivity contribution is 0.296. The zero-order valence-corrected chi connectivity index (χ0v) is 61.3. The molecule has 0 bridgehead atoms. The molecule has 12 nitrogen and oxygen atoms in total. The molecule has 396 valence electrons. The van der Waals surface area contributed by atoms with Gasteiger partial charge in [-0.05, 0) is 192 Å². The highest BCUT2D eigenvalue weighted by Gasteiger charge is 2.42. The third-order valence-corrected chi connectivity index (χ3v) is 40.3. The Kier molecular flexibility index (Phi) is 28.3. The van der Waals surface area contributed by atoms with Gasteiger partial charge in [0.2, 0.25) is 25.0 Å². The van der Waals surface area contributed by atoms with Gasteiger partial charge in [-0.3, -0.25) is 0 Å². The van der Waals surface area contributed by atoms with Crippen LogP contribution in [0.25, 0.3) is 0 Å². The first kappa shape index (κ1) is 72.0. The maximum Gasteiger partial charge on any atom is 0.320 e. The summed E-state index contributed by atoms with van der Waals surface area (Å²) >= 11 is 0. The van der Waals surface area contributed by atoms with Crippen molar-refractivity contribution in [1.82, 2.24) is 0 Å². The van der Waals surface area contributed by atoms with Crippen LogP contribution in [-0.2, 0) is 24.7 Å². The number of rotatable bonds is 16. The van der Waals surface area contributed by atoms with E-state index in [-0.39, 0.29) is 0 Å². The van der Waals surface area contributed by atoms with E-state index in [0.717, 1.165) is 15.6 Å². The Hall–Kier alpha value is 0.779. The minimum atomic E-state index is -2.54. The van der Waals surface area contributed by atoms with Gasteiger partial charge in [0, 0.05) is 0 Å². The van der Waals surface area contributed by atoms with Crippen molar-refractivity contribution in [2.45, 2.75) is 196 Å². The van der Waals surface area contributed by atoms with E-state index in [2.05, 4.69) is 116 Å². The Balaban J connectivity index is -0.000000773. The second-order valence-corrected chi connectivity index (χ2v) is 76.4. The first-order chi connectivity index (χ1) is 28.7. The van der Waals surface area contributed by atoms with Gasteiger partial charge in [0.25, 0.3) is 0 Å². The molecule has 0 aliphatic carbocycles. The van der Waals surface area contributed by atoms with Gasteiger partial charge in [0.05, 0.1) is 8.07 Å². The predicted octanol–water partition coefficient (Wildman–Crippen LogP) is 8.88. The third-order valence-electron chi connectivity index (χ3n) is 7.90. The average Bonchev–Trinajstić information content (AvgIpc) is 2.93. The van der Waals surface area contributed by atoms with Gasteiger partial charge in [0.1, 0.15) is 0 Å². The van der Waals surface area contributed by atoms with Crippen molar-refractivity contribution < 1.29 is 53.5 Å². The molecule has 0 saturated heterocycles. The molecular formula is C42H104O12Si13. The fraction of sp³-hybridized carbons (Fsp3) is 0.714. The van der Waals surface area contributed by atoms with Crippen molar-refractivity contribution in [3.63, 3.8) is 0 Å². The minimum absolute atomic E-state index is 1.01. The topological polar surface area (TPSA) is 177 Å². The highest BCUT2D eigenvalue weighted by atomic mass is 28.5. The van der Waals surface area contributed by atoms with Crippen LogP contribution in [0, 0.1) is 0 Å². The number of benzene rings is 2. The molecule has 0 amide bonds. The molecule has 2 rings (SSSR count). The van der Waals surface area contributed by atoms with E-state index < -0.39 is 109 Å². The van der Waals surface area contributed by atoms with Gasteiger partial charge in [0.15, 0.2) is 25.0 Å². The molecule has 0 unspecified atom stereocenters. The summed E-state index contributed by atoms with van der Waals surface area (Å²) in [6.45, 7) is 60.3. The molecule has 0 atom stereocenters. The Morgan fingerprint density at radius 2 is 0.418 bits per heavy atom. The molecule has 0 aliphatic rings. The predicted molar refractivity (Wildman–Crippen MR) is 322 cm³/mol. The summed E-state index contributed by atoms with van der Waals surface area (Å²) in [6, 6.07) is 16.3. The molecule has 0 aliphatic heterocycles. The Morgan fingerprint density at radius 1 is 0.239 bits per heavy atom. The fourth-order valence-corrected chi connectivity index (χ4v) is 44.6. The second kappa shape index (κ2) is 26.3. The lowest BCUT2D eigenvalue weighted by atomic mass is 10.4. The quantitative estimate of drug-likeness (QED) is 0.0883. The molecule has 67 heavy (non-hydrogen) atoms. The molecule has 0 spiro atoms. The van der Waals surface area contributed by atoms with Gasteiger partial charge in [-0.1, -0.05) is 73.4 Å². The summed E-state index contributed by atoms with van der Waals surface area (Å²) < 4.78 is 35.0. The zero-order chi connectivity index (χ0) is 54.7. The number of hydrogen-bond donors (Lipinski definition) is 6. The van der Waals surface area contributed by atoms with Crippen LogP contribution in [0.3, 0.4) is 0 Å². The molecule has 2 aromatic carbocycles. The monoisotopic (exact) mass is 1160 g/mol. The number of hydrogen-bond acceptors (Lipinski definition) is 12. The molecule has 0 aromatic heterocycles. The molecular weight excluding hydrogens is 1060 g/mol. The first-order valence-electron chi connectivity index (χ1n) is 23.4. The van der Waals surface area contributed by atoms with Gasteiger partial charge >= 0.3 is 51.4 Å². The van der Waals surface area contributed by atoms with E-state index in [1.54, 1.807) is 39.3 Å². The minimum Gasteiger partial charge on any atom is -0.437 e. The summed E-state index contributed by atoms with van der Waals surface area (Å²) in [5.41, 5.74) is 0. The molecule has 0 saturated carbocycles. The maximum absolute atomic E-state index is 9.93. The van der Waals surface area contributed by atoms with Gasteiger partial charge in [-0.15, -0.1) is 0 Å². The maximum atomic E-state index is 9.93. The van der Waals surface area contributed by atoms with Crippen molar-refractivity contribution in [1.29, 1.82) is 0 Å². The largest absolute Gasteiger partial charge is 0.437 e. The lowest BCUT2D eigenvalue weighted by Crippen LogP contribution is -2.55. The lowest BCUT2D eigenvalue weighted by Gasteiger charge is -2.38. The Bertz CT molecular complexity index is 1510. The summed E-state index contributed by atoms with van der Waals surface area (Å²) in [7, 11) is -26.0. The summed E-state index contributed by atoms with van der Waals surface area (Å²) in [6.07, 6.45) is 0. The van der Waals surface area contributed by atoms with E-state index in [9.17, 15) is 28.8 Å². The normalized spacial score (nSPS) is 14.0. The van der Waals surface area contributed by atoms with Crippen LogP contribution in [0.5, 0.6) is 0 Å². The van der Waals surface area contributed by atoms with Crippen LogP contribution in [0.1, 0.15) is 0 Å². The fourth-order valence-electron chi connectivity index (χ4n) is 6.75. The second-order valence-electron chi connectivity index (χ2n) is 25.6. The van der Waals surface area contributed by atoms with Crippen molar-refractivity contribution in [2.24, 2.45) is 0 Å². The summed E-state index contributed by atoms with van der Waals surface area (Å²) in [4.78, 5) is 58.5. The van der Waals surface area contributed by atoms with Crippen LogP contribution in [0.15, 0.2) is 48.5 Å². The highest BCUT2D eigenvalue weighted by Crippen LogP contribution is 2.23. The SMILES string of the molecule is C[Si](C)(C)O[Si](C)(C)O.C[Si](C)(C)O[Si](C)(C)O[Si](C)(C)O.C[Si](C)(C)O[Si](C)(C)O[Si](C)(C)O[Si](C)(C)O.C[Si](C)(C)c1ccc([Si](C)(C)O)cc1.C[Si](C)(O)c1ccc([Si](C)(C)O)cc1. The van der Waals surface area contributed by atoms with Crippen molar-refractivity contribution >= 4 is 130 Å². The standard InChI is InChI=1S/C11H20OSi2.C10H18O2Si2.C9H28O4Si4.C7H22O3Si3.C5H16O2Si2/c1-13(2,3)10-6-8-11(9-7-10)14(4,5)12;1-13(2,11)9-5-7-10(8-6-9)14(3,4)12;1-14(2,3)11-16(6,7)13-17(8,9)12-15(4,5)10;1-11(2,3)9-13(6,7)10-12(4,5)8;1-8(2,3)7-9(4,5)6/h6-9,12H,1-5H3;5-8,11-12H,1-4H3;10H,1-9H3;8H,1-7H3;6H,1-5H3. The van der Waals surface area contributed by atoms with Crippen molar-refractivity contribution in [3.05, 3.63) is 48.5 Å². The van der Waals surface area contributed by atoms with Crippen molar-refractivity contribution in [3.8, 4) is 0 Å². The van der Waals surface area contributed by atoms with Gasteiger partial charge in [-0.2, -0.15) is 0 Å². The Morgan fingerprint density at radius 3 is 0.567 bits per heavy atom. The van der Waals surface area contributed by atoms with E-state index in [4.69, 9.17) is 24.7 Å². The third kappa shape index (κ3) is 42.9. The zero-order valence-electron chi connectivity index (χ0n) is 48.3. The molecule has 0 fully saturated rings. The van der Waals surface area contributed by atoms with Crippen LogP contribution < -0.4 is 20.7 Å². The summed E-state index contributed by atoms with van der Waals surface area (Å²) in [5, 5.41) is 4.61. The van der Waals surface area contributed by atoms with Gasteiger partial charge in [-0.25, -0.2) is 0 Å². The van der Waals surface area contributed by atoms with Gasteiger partial charge < -0.3 is 53.5 Å². The van der Waals surface area contributed by atoms with Crippen molar-refractivity contribution in [2.75, 3.05) is 0 Å². The average molecular weight is 1170 g/mol. The summed E-state index contributed by atoms with van der Waals surface area (Å²) in [5.74, 6) is 0. The molecule has 2 aromatic rings. The van der Waals surface area contributed by atoms with Crippen LogP contribution in [-0.4, -0.2) is 138 Å². The van der Waals surface area contributed by atoms with E-state index >= 15 is 0 Å². The van der Waals surface area contributed by atoms with Crippen LogP contribution in [0.2, 0.25) is 196 Å². The van der Waals surface area contributed by atoms with Crippen LogP contribution >= 0.6 is 0 Å². The molecule has 25 heteroatoms. The van der Waals surface area contributed by atoms with E-state index in [0.29, 0.717) is 0 Å². The first-order valence-corrected chi connectivity index (χ1v) is 63.0. The van der Waals surface area contributed by atoms with E-state index in [1.165, 1.54) is 5.19 Å².